The predicted octanol–water partition coefficient (Wildman–Crippen LogP) is 6.76. The first-order valence-electron chi connectivity index (χ1n) is 12.0. The van der Waals surface area contributed by atoms with E-state index in [9.17, 15) is 14.7 Å². The number of rotatable bonds is 12. The van der Waals surface area contributed by atoms with E-state index in [1.807, 2.05) is 18.2 Å². The molecule has 6 heteroatoms. The first kappa shape index (κ1) is 27.2. The van der Waals surface area contributed by atoms with Crippen molar-refractivity contribution < 1.29 is 24.2 Å². The van der Waals surface area contributed by atoms with E-state index in [2.05, 4.69) is 33.0 Å². The molecule has 0 aliphatic rings. The van der Waals surface area contributed by atoms with Gasteiger partial charge in [-0.1, -0.05) is 65.5 Å². The molecular weight excluding hydrogens is 430 g/mol. The molecule has 186 valence electrons. The zero-order chi connectivity index (χ0) is 25.3. The van der Waals surface area contributed by atoms with Gasteiger partial charge in [-0.3, -0.25) is 4.79 Å². The van der Waals surface area contributed by atoms with Gasteiger partial charge >= 0.3 is 5.97 Å². The molecule has 2 aromatic carbocycles. The fourth-order valence-electron chi connectivity index (χ4n) is 4.55. The van der Waals surface area contributed by atoms with Gasteiger partial charge in [0.2, 0.25) is 5.91 Å². The van der Waals surface area contributed by atoms with Gasteiger partial charge in [0.15, 0.2) is 0 Å². The zero-order valence-electron chi connectivity index (χ0n) is 21.3. The normalized spacial score (nSPS) is 13.1. The molecule has 0 aliphatic heterocycles. The second-order valence-corrected chi connectivity index (χ2v) is 9.78. The van der Waals surface area contributed by atoms with E-state index < -0.39 is 5.97 Å². The van der Waals surface area contributed by atoms with Gasteiger partial charge in [-0.05, 0) is 47.6 Å². The van der Waals surface area contributed by atoms with Crippen molar-refractivity contribution in [2.45, 2.75) is 65.7 Å². The quantitative estimate of drug-likeness (QED) is 0.336. The van der Waals surface area contributed by atoms with Crippen LogP contribution in [-0.2, 0) is 4.79 Å². The number of aromatic carboxylic acids is 1. The van der Waals surface area contributed by atoms with E-state index in [0.717, 1.165) is 37.7 Å². The number of benzene rings is 2. The van der Waals surface area contributed by atoms with Gasteiger partial charge in [0, 0.05) is 11.8 Å². The average Bonchev–Trinajstić information content (AvgIpc) is 2.79. The standard InChI is InChI=1S/C28H39NO5/c1-7-8-9-10-14-23(22-16-15-21(33-5)18-24(22)34-6)25(28(2,3)4)26(30)29-20-13-11-12-19(17-20)27(31)32/h11-13,15-18,23,25H,7-10,14H2,1-6H3,(H,29,30)(H,31,32). The number of anilines is 1. The summed E-state index contributed by atoms with van der Waals surface area (Å²) in [6.45, 7) is 8.39. The maximum Gasteiger partial charge on any atom is 0.335 e. The second kappa shape index (κ2) is 12.4. The fourth-order valence-corrected chi connectivity index (χ4v) is 4.55. The summed E-state index contributed by atoms with van der Waals surface area (Å²) in [5.74, 6) is -0.207. The van der Waals surface area contributed by atoms with Crippen molar-refractivity contribution in [2.24, 2.45) is 11.3 Å². The lowest BCUT2D eigenvalue weighted by atomic mass is 9.68. The Morgan fingerprint density at radius 3 is 2.32 bits per heavy atom. The van der Waals surface area contributed by atoms with Gasteiger partial charge in [0.25, 0.3) is 0 Å². The Bertz CT molecular complexity index is 964. The van der Waals surface area contributed by atoms with E-state index in [0.29, 0.717) is 17.2 Å². The smallest absolute Gasteiger partial charge is 0.335 e. The third-order valence-corrected chi connectivity index (χ3v) is 6.20. The van der Waals surface area contributed by atoms with Crippen LogP contribution in [0, 0.1) is 11.3 Å². The van der Waals surface area contributed by atoms with Crippen molar-refractivity contribution in [3.05, 3.63) is 53.6 Å². The number of hydrogen-bond donors (Lipinski definition) is 2. The SMILES string of the molecule is CCCCCCC(c1ccc(OC)cc1OC)C(C(=O)Nc1cccc(C(=O)O)c1)C(C)(C)C. The van der Waals surface area contributed by atoms with Crippen LogP contribution in [0.15, 0.2) is 42.5 Å². The molecule has 0 heterocycles. The highest BCUT2D eigenvalue weighted by Gasteiger charge is 2.39. The van der Waals surface area contributed by atoms with Gasteiger partial charge < -0.3 is 19.9 Å². The molecule has 6 nitrogen and oxygen atoms in total. The minimum atomic E-state index is -1.03. The van der Waals surface area contributed by atoms with Crippen LogP contribution in [0.1, 0.15) is 81.6 Å². The Morgan fingerprint density at radius 1 is 1.00 bits per heavy atom. The lowest BCUT2D eigenvalue weighted by Gasteiger charge is -2.37. The number of amides is 1. The molecule has 2 unspecified atom stereocenters. The number of carboxylic acid groups (broad SMARTS) is 1. The summed E-state index contributed by atoms with van der Waals surface area (Å²) in [6, 6.07) is 12.1. The highest BCUT2D eigenvalue weighted by molar-refractivity contribution is 5.95. The Morgan fingerprint density at radius 2 is 1.74 bits per heavy atom. The van der Waals surface area contributed by atoms with Gasteiger partial charge in [0.1, 0.15) is 11.5 Å². The van der Waals surface area contributed by atoms with Crippen molar-refractivity contribution in [3.8, 4) is 11.5 Å². The Hall–Kier alpha value is -3.02. The zero-order valence-corrected chi connectivity index (χ0v) is 21.3. The van der Waals surface area contributed by atoms with Crippen LogP contribution >= 0.6 is 0 Å². The molecule has 0 fully saturated rings. The van der Waals surface area contributed by atoms with E-state index in [-0.39, 0.29) is 28.7 Å². The molecule has 0 aromatic heterocycles. The summed E-state index contributed by atoms with van der Waals surface area (Å²) in [6.07, 6.45) is 5.24. The van der Waals surface area contributed by atoms with E-state index in [1.165, 1.54) is 12.1 Å². The number of unbranched alkanes of at least 4 members (excludes halogenated alkanes) is 3. The number of carboxylic acids is 1. The molecule has 0 spiro atoms. The van der Waals surface area contributed by atoms with Crippen LogP contribution in [0.5, 0.6) is 11.5 Å². The fraction of sp³-hybridized carbons (Fsp3) is 0.500. The summed E-state index contributed by atoms with van der Waals surface area (Å²) in [4.78, 5) is 25.1. The molecule has 2 atom stereocenters. The second-order valence-electron chi connectivity index (χ2n) is 9.78. The first-order chi connectivity index (χ1) is 16.1. The molecular formula is C28H39NO5. The Labute approximate surface area is 203 Å². The summed E-state index contributed by atoms with van der Waals surface area (Å²) < 4.78 is 11.1. The highest BCUT2D eigenvalue weighted by atomic mass is 16.5. The number of carbonyl (C=O) groups excluding carboxylic acids is 1. The molecule has 0 radical (unpaired) electrons. The molecule has 0 aliphatic carbocycles. The molecule has 2 aromatic rings. The van der Waals surface area contributed by atoms with Gasteiger partial charge in [-0.2, -0.15) is 0 Å². The molecule has 2 rings (SSSR count). The van der Waals surface area contributed by atoms with E-state index in [1.54, 1.807) is 26.4 Å². The number of hydrogen-bond acceptors (Lipinski definition) is 4. The van der Waals surface area contributed by atoms with E-state index in [4.69, 9.17) is 9.47 Å². The molecule has 0 saturated heterocycles. The summed E-state index contributed by atoms with van der Waals surface area (Å²) in [7, 11) is 3.25. The van der Waals surface area contributed by atoms with Gasteiger partial charge in [-0.25, -0.2) is 4.79 Å². The molecule has 0 saturated carbocycles. The number of methoxy groups -OCH3 is 2. The van der Waals surface area contributed by atoms with Crippen LogP contribution < -0.4 is 14.8 Å². The highest BCUT2D eigenvalue weighted by Crippen LogP contribution is 2.45. The number of ether oxygens (including phenoxy) is 2. The Balaban J connectivity index is 2.48. The van der Waals surface area contributed by atoms with Crippen LogP contribution in [0.2, 0.25) is 0 Å². The Kier molecular flexibility index (Phi) is 9.97. The molecule has 1 amide bonds. The molecule has 0 bridgehead atoms. The van der Waals surface area contributed by atoms with Crippen LogP contribution in [-0.4, -0.2) is 31.2 Å². The third kappa shape index (κ3) is 7.24. The summed E-state index contributed by atoms with van der Waals surface area (Å²) in [5, 5.41) is 12.3. The van der Waals surface area contributed by atoms with Gasteiger partial charge in [-0.15, -0.1) is 0 Å². The third-order valence-electron chi connectivity index (χ3n) is 6.20. The van der Waals surface area contributed by atoms with Crippen molar-refractivity contribution in [1.82, 2.24) is 0 Å². The lowest BCUT2D eigenvalue weighted by Crippen LogP contribution is -2.38. The van der Waals surface area contributed by atoms with Crippen LogP contribution in [0.25, 0.3) is 0 Å². The van der Waals surface area contributed by atoms with Crippen LogP contribution in [0.4, 0.5) is 5.69 Å². The average molecular weight is 470 g/mol. The van der Waals surface area contributed by atoms with Gasteiger partial charge in [0.05, 0.1) is 25.7 Å². The minimum Gasteiger partial charge on any atom is -0.497 e. The predicted molar refractivity (Wildman–Crippen MR) is 136 cm³/mol. The van der Waals surface area contributed by atoms with Crippen molar-refractivity contribution >= 4 is 17.6 Å². The maximum absolute atomic E-state index is 13.7. The largest absolute Gasteiger partial charge is 0.497 e. The topological polar surface area (TPSA) is 84.9 Å². The van der Waals surface area contributed by atoms with Crippen molar-refractivity contribution in [3.63, 3.8) is 0 Å². The number of nitrogens with one attached hydrogen (secondary N) is 1. The molecule has 2 N–H and O–H groups in total. The maximum atomic E-state index is 13.7. The molecule has 34 heavy (non-hydrogen) atoms. The monoisotopic (exact) mass is 469 g/mol. The minimum absolute atomic E-state index is 0.0830. The van der Waals surface area contributed by atoms with Crippen LogP contribution in [0.3, 0.4) is 0 Å². The summed E-state index contributed by atoms with van der Waals surface area (Å²) >= 11 is 0. The van der Waals surface area contributed by atoms with E-state index >= 15 is 0 Å². The lowest BCUT2D eigenvalue weighted by molar-refractivity contribution is -0.124. The summed E-state index contributed by atoms with van der Waals surface area (Å²) in [5.41, 5.74) is 1.24. The number of carbonyl (C=O) groups is 2. The first-order valence-corrected chi connectivity index (χ1v) is 12.0. The van der Waals surface area contributed by atoms with Crippen molar-refractivity contribution in [2.75, 3.05) is 19.5 Å². The van der Waals surface area contributed by atoms with Crippen molar-refractivity contribution in [1.29, 1.82) is 0 Å².